The predicted octanol–water partition coefficient (Wildman–Crippen LogP) is -0.549. The first-order chi connectivity index (χ1) is 9.16. The summed E-state index contributed by atoms with van der Waals surface area (Å²) in [6.45, 7) is 2.30. The van der Waals surface area contributed by atoms with Gasteiger partial charge < -0.3 is 25.4 Å². The van der Waals surface area contributed by atoms with Crippen LogP contribution in [-0.4, -0.2) is 61.9 Å². The van der Waals surface area contributed by atoms with E-state index in [9.17, 15) is 9.59 Å². The molecule has 2 atom stereocenters. The van der Waals surface area contributed by atoms with E-state index in [1.807, 2.05) is 0 Å². The molecular weight excluding hydrogens is 250 g/mol. The van der Waals surface area contributed by atoms with E-state index in [4.69, 9.17) is 15.2 Å². The van der Waals surface area contributed by atoms with Gasteiger partial charge in [0.1, 0.15) is 0 Å². The van der Waals surface area contributed by atoms with Crippen molar-refractivity contribution in [2.45, 2.75) is 31.5 Å². The second-order valence-electron chi connectivity index (χ2n) is 4.88. The molecule has 2 heterocycles. The van der Waals surface area contributed by atoms with Crippen LogP contribution < -0.4 is 11.1 Å². The van der Waals surface area contributed by atoms with Gasteiger partial charge in [0.2, 0.25) is 5.91 Å². The molecule has 0 saturated carbocycles. The predicted molar refractivity (Wildman–Crippen MR) is 67.5 cm³/mol. The zero-order valence-corrected chi connectivity index (χ0v) is 11.0. The molecule has 7 heteroatoms. The molecule has 2 aliphatic heterocycles. The Balaban J connectivity index is 1.74. The van der Waals surface area contributed by atoms with Gasteiger partial charge in [-0.05, 0) is 19.3 Å². The highest BCUT2D eigenvalue weighted by Crippen LogP contribution is 2.12. The normalized spacial score (nSPS) is 27.9. The van der Waals surface area contributed by atoms with Gasteiger partial charge >= 0.3 is 6.03 Å². The summed E-state index contributed by atoms with van der Waals surface area (Å²) in [5.41, 5.74) is 5.18. The van der Waals surface area contributed by atoms with Gasteiger partial charge in [0.25, 0.3) is 0 Å². The van der Waals surface area contributed by atoms with Gasteiger partial charge in [-0.25, -0.2) is 4.79 Å². The number of primary amides is 1. The van der Waals surface area contributed by atoms with Crippen LogP contribution in [0.4, 0.5) is 4.79 Å². The number of carbonyl (C=O) groups excluding carboxylic acids is 2. The Morgan fingerprint density at radius 2 is 2.11 bits per heavy atom. The van der Waals surface area contributed by atoms with E-state index in [0.29, 0.717) is 19.7 Å². The summed E-state index contributed by atoms with van der Waals surface area (Å²) in [6, 6.07) is -0.191. The van der Waals surface area contributed by atoms with Gasteiger partial charge in [0.15, 0.2) is 6.10 Å². The Morgan fingerprint density at radius 1 is 1.26 bits per heavy atom. The highest BCUT2D eigenvalue weighted by molar-refractivity contribution is 5.81. The topological polar surface area (TPSA) is 93.9 Å². The monoisotopic (exact) mass is 271 g/mol. The summed E-state index contributed by atoms with van der Waals surface area (Å²) < 4.78 is 10.7. The average Bonchev–Trinajstić information content (AvgIpc) is 2.46. The van der Waals surface area contributed by atoms with Gasteiger partial charge in [0.05, 0.1) is 19.3 Å². The van der Waals surface area contributed by atoms with Crippen LogP contribution in [0.3, 0.4) is 0 Å². The molecule has 2 aliphatic rings. The smallest absolute Gasteiger partial charge is 0.317 e. The summed E-state index contributed by atoms with van der Waals surface area (Å²) in [5, 5.41) is 2.84. The van der Waals surface area contributed by atoms with Crippen molar-refractivity contribution in [2.75, 3.05) is 32.8 Å². The third-order valence-corrected chi connectivity index (χ3v) is 3.43. The van der Waals surface area contributed by atoms with Crippen LogP contribution in [-0.2, 0) is 14.3 Å². The molecule has 2 rings (SSSR count). The van der Waals surface area contributed by atoms with Crippen molar-refractivity contribution < 1.29 is 19.1 Å². The number of hydrogen-bond donors (Lipinski definition) is 2. The lowest BCUT2D eigenvalue weighted by atomic mass is 10.1. The molecule has 0 aromatic carbocycles. The third-order valence-electron chi connectivity index (χ3n) is 3.43. The molecule has 0 aliphatic carbocycles. The summed E-state index contributed by atoms with van der Waals surface area (Å²) in [4.78, 5) is 24.6. The number of nitrogens with zero attached hydrogens (tertiary/aromatic N) is 1. The molecule has 7 nitrogen and oxygen atoms in total. The second-order valence-corrected chi connectivity index (χ2v) is 4.88. The molecule has 2 saturated heterocycles. The minimum Gasteiger partial charge on any atom is -0.376 e. The number of carbonyl (C=O) groups is 2. The number of rotatable bonds is 3. The minimum absolute atomic E-state index is 0.102. The standard InChI is InChI=1S/C12H21N3O4/c13-11(16)10-8-15(4-6-19-10)12(17)14-7-9-3-1-2-5-18-9/h9-10H,1-8H2,(H2,13,16)(H,14,17). The summed E-state index contributed by atoms with van der Waals surface area (Å²) in [6.07, 6.45) is 2.61. The van der Waals surface area contributed by atoms with Crippen LogP contribution in [0.1, 0.15) is 19.3 Å². The molecule has 0 radical (unpaired) electrons. The lowest BCUT2D eigenvalue weighted by molar-refractivity contribution is -0.133. The largest absolute Gasteiger partial charge is 0.376 e. The first-order valence-corrected chi connectivity index (χ1v) is 6.72. The van der Waals surface area contributed by atoms with Crippen LogP contribution in [0.2, 0.25) is 0 Å². The molecule has 19 heavy (non-hydrogen) atoms. The van der Waals surface area contributed by atoms with E-state index in [1.165, 1.54) is 0 Å². The molecule has 0 spiro atoms. The zero-order chi connectivity index (χ0) is 13.7. The van der Waals surface area contributed by atoms with Gasteiger partial charge in [-0.1, -0.05) is 0 Å². The van der Waals surface area contributed by atoms with E-state index in [1.54, 1.807) is 4.90 Å². The van der Waals surface area contributed by atoms with Crippen molar-refractivity contribution in [2.24, 2.45) is 5.73 Å². The summed E-state index contributed by atoms with van der Waals surface area (Å²) in [7, 11) is 0. The first-order valence-electron chi connectivity index (χ1n) is 6.72. The second kappa shape index (κ2) is 6.72. The maximum absolute atomic E-state index is 12.0. The molecule has 3 amide bonds. The lowest BCUT2D eigenvalue weighted by Crippen LogP contribution is -2.54. The number of urea groups is 1. The molecule has 2 fully saturated rings. The van der Waals surface area contributed by atoms with Gasteiger partial charge in [0, 0.05) is 19.7 Å². The van der Waals surface area contributed by atoms with E-state index < -0.39 is 12.0 Å². The Hall–Kier alpha value is -1.34. The van der Waals surface area contributed by atoms with Gasteiger partial charge in [-0.15, -0.1) is 0 Å². The molecule has 108 valence electrons. The highest BCUT2D eigenvalue weighted by Gasteiger charge is 2.28. The van der Waals surface area contributed by atoms with Crippen molar-refractivity contribution in [3.8, 4) is 0 Å². The SMILES string of the molecule is NC(=O)C1CN(C(=O)NCC2CCCCO2)CCO1. The Labute approximate surface area is 112 Å². The molecule has 0 bridgehead atoms. The fraction of sp³-hybridized carbons (Fsp3) is 0.833. The summed E-state index contributed by atoms with van der Waals surface area (Å²) in [5.74, 6) is -0.534. The lowest BCUT2D eigenvalue weighted by Gasteiger charge is -2.32. The Bertz CT molecular complexity index is 331. The van der Waals surface area contributed by atoms with Gasteiger partial charge in [-0.2, -0.15) is 0 Å². The van der Waals surface area contributed by atoms with E-state index >= 15 is 0 Å². The highest BCUT2D eigenvalue weighted by atomic mass is 16.5. The van der Waals surface area contributed by atoms with Crippen LogP contribution in [0.5, 0.6) is 0 Å². The third kappa shape index (κ3) is 4.07. The van der Waals surface area contributed by atoms with Crippen molar-refractivity contribution in [3.05, 3.63) is 0 Å². The maximum atomic E-state index is 12.0. The Kier molecular flexibility index (Phi) is 4.98. The van der Waals surface area contributed by atoms with Gasteiger partial charge in [-0.3, -0.25) is 4.79 Å². The van der Waals surface area contributed by atoms with Crippen molar-refractivity contribution in [1.82, 2.24) is 10.2 Å². The maximum Gasteiger partial charge on any atom is 0.317 e. The van der Waals surface area contributed by atoms with Crippen LogP contribution in [0.15, 0.2) is 0 Å². The van der Waals surface area contributed by atoms with E-state index in [2.05, 4.69) is 5.32 Å². The van der Waals surface area contributed by atoms with Crippen molar-refractivity contribution in [1.29, 1.82) is 0 Å². The average molecular weight is 271 g/mol. The number of morpholine rings is 1. The quantitative estimate of drug-likeness (QED) is 0.720. The zero-order valence-electron chi connectivity index (χ0n) is 11.0. The Morgan fingerprint density at radius 3 is 2.79 bits per heavy atom. The van der Waals surface area contributed by atoms with E-state index in [0.717, 1.165) is 25.9 Å². The molecule has 0 aromatic rings. The number of amides is 3. The minimum atomic E-state index is -0.703. The summed E-state index contributed by atoms with van der Waals surface area (Å²) >= 11 is 0. The fourth-order valence-electron chi connectivity index (χ4n) is 2.29. The molecule has 0 aromatic heterocycles. The molecule has 2 unspecified atom stereocenters. The van der Waals surface area contributed by atoms with Crippen LogP contribution >= 0.6 is 0 Å². The van der Waals surface area contributed by atoms with Crippen molar-refractivity contribution >= 4 is 11.9 Å². The molecular formula is C12H21N3O4. The van der Waals surface area contributed by atoms with Crippen LogP contribution in [0, 0.1) is 0 Å². The number of ether oxygens (including phenoxy) is 2. The first kappa shape index (κ1) is 14.1. The fourth-order valence-corrected chi connectivity index (χ4v) is 2.29. The van der Waals surface area contributed by atoms with Crippen LogP contribution in [0.25, 0.3) is 0 Å². The number of hydrogen-bond acceptors (Lipinski definition) is 4. The number of nitrogens with two attached hydrogens (primary N) is 1. The molecule has 3 N–H and O–H groups in total. The number of nitrogens with one attached hydrogen (secondary N) is 1. The van der Waals surface area contributed by atoms with Crippen molar-refractivity contribution in [3.63, 3.8) is 0 Å². The van der Waals surface area contributed by atoms with E-state index in [-0.39, 0.29) is 18.7 Å².